The number of aryl methyl sites for hydroxylation is 1. The van der Waals surface area contributed by atoms with Crippen molar-refractivity contribution < 1.29 is 0 Å². The summed E-state index contributed by atoms with van der Waals surface area (Å²) in [6.45, 7) is 4.56. The first-order valence-corrected chi connectivity index (χ1v) is 10.7. The van der Waals surface area contributed by atoms with Crippen LogP contribution in [0.5, 0.6) is 0 Å². The van der Waals surface area contributed by atoms with Crippen LogP contribution in [0.25, 0.3) is 10.2 Å². The Morgan fingerprint density at radius 1 is 1.22 bits per heavy atom. The van der Waals surface area contributed by atoms with Crippen LogP contribution in [0.15, 0.2) is 5.16 Å². The van der Waals surface area contributed by atoms with E-state index in [9.17, 15) is 0 Å². The number of hydrogen-bond acceptors (Lipinski definition) is 5. The van der Waals surface area contributed by atoms with Crippen molar-refractivity contribution in [2.75, 3.05) is 11.5 Å². The van der Waals surface area contributed by atoms with Crippen molar-refractivity contribution in [3.8, 4) is 0 Å². The molecule has 1 aliphatic rings. The van der Waals surface area contributed by atoms with Crippen LogP contribution in [-0.2, 0) is 6.42 Å². The van der Waals surface area contributed by atoms with E-state index in [2.05, 4.69) is 18.8 Å². The molecule has 126 valence electrons. The molecule has 3 nitrogen and oxygen atoms in total. The zero-order valence-corrected chi connectivity index (χ0v) is 15.9. The highest BCUT2D eigenvalue weighted by Crippen LogP contribution is 2.43. The van der Waals surface area contributed by atoms with E-state index in [0.29, 0.717) is 11.7 Å². The smallest absolute Gasteiger partial charge is 0.190 e. The molecular weight excluding hydrogens is 322 g/mol. The molecule has 1 unspecified atom stereocenters. The van der Waals surface area contributed by atoms with Gasteiger partial charge in [0.15, 0.2) is 5.16 Å². The molecule has 0 saturated heterocycles. The third-order valence-corrected chi connectivity index (χ3v) is 6.78. The zero-order valence-electron chi connectivity index (χ0n) is 14.2. The third kappa shape index (κ3) is 3.82. The number of nitrogens with two attached hydrogens (primary N) is 1. The van der Waals surface area contributed by atoms with E-state index in [1.54, 1.807) is 11.8 Å². The van der Waals surface area contributed by atoms with Crippen molar-refractivity contribution in [2.24, 2.45) is 0 Å². The number of anilines is 1. The fourth-order valence-corrected chi connectivity index (χ4v) is 5.68. The zero-order chi connectivity index (χ0) is 16.2. The van der Waals surface area contributed by atoms with Crippen LogP contribution >= 0.6 is 23.1 Å². The molecule has 1 atom stereocenters. The number of aromatic nitrogens is 2. The maximum Gasteiger partial charge on any atom is 0.190 e. The number of unbranched alkanes of at least 4 members (excludes halogenated alkanes) is 4. The molecule has 0 aromatic carbocycles. The van der Waals surface area contributed by atoms with Crippen molar-refractivity contribution >= 4 is 39.1 Å². The van der Waals surface area contributed by atoms with Crippen LogP contribution in [0.3, 0.4) is 0 Å². The Morgan fingerprint density at radius 3 is 2.87 bits per heavy atom. The number of hydrogen-bond donors (Lipinski definition) is 1. The second kappa shape index (κ2) is 7.84. The summed E-state index contributed by atoms with van der Waals surface area (Å²) in [6, 6.07) is 0. The molecule has 0 aliphatic heterocycles. The van der Waals surface area contributed by atoms with Gasteiger partial charge < -0.3 is 5.73 Å². The highest BCUT2D eigenvalue weighted by molar-refractivity contribution is 7.99. The van der Waals surface area contributed by atoms with Crippen molar-refractivity contribution in [3.63, 3.8) is 0 Å². The summed E-state index contributed by atoms with van der Waals surface area (Å²) >= 11 is 3.60. The average Bonchev–Trinajstić information content (AvgIpc) is 2.91. The molecule has 0 amide bonds. The van der Waals surface area contributed by atoms with E-state index < -0.39 is 0 Å². The Kier molecular flexibility index (Phi) is 5.81. The lowest BCUT2D eigenvalue weighted by Crippen LogP contribution is -2.05. The minimum absolute atomic E-state index is 0.593. The fraction of sp³-hybridized carbons (Fsp3) is 0.667. The van der Waals surface area contributed by atoms with Gasteiger partial charge in [0, 0.05) is 10.6 Å². The van der Waals surface area contributed by atoms with Gasteiger partial charge in [-0.25, -0.2) is 9.97 Å². The second-order valence-corrected chi connectivity index (χ2v) is 8.71. The largest absolute Gasteiger partial charge is 0.383 e. The van der Waals surface area contributed by atoms with Crippen LogP contribution in [0.1, 0.15) is 75.2 Å². The van der Waals surface area contributed by atoms with Crippen LogP contribution < -0.4 is 5.73 Å². The molecule has 0 radical (unpaired) electrons. The maximum absolute atomic E-state index is 6.30. The van der Waals surface area contributed by atoms with E-state index >= 15 is 0 Å². The van der Waals surface area contributed by atoms with E-state index in [-0.39, 0.29) is 0 Å². The Morgan fingerprint density at radius 2 is 2.04 bits per heavy atom. The number of nitrogen functional groups attached to an aromatic ring is 1. The Bertz CT molecular complexity index is 666. The number of rotatable bonds is 7. The molecule has 0 bridgehead atoms. The highest BCUT2D eigenvalue weighted by atomic mass is 32.2. The predicted octanol–water partition coefficient (Wildman–Crippen LogP) is 5.78. The van der Waals surface area contributed by atoms with E-state index in [0.717, 1.165) is 21.1 Å². The van der Waals surface area contributed by atoms with Gasteiger partial charge in [-0.05, 0) is 37.2 Å². The normalized spacial score (nSPS) is 17.6. The van der Waals surface area contributed by atoms with Gasteiger partial charge in [0.05, 0.1) is 5.39 Å². The van der Waals surface area contributed by atoms with Gasteiger partial charge in [0.2, 0.25) is 0 Å². The number of fused-ring (bicyclic) bond motifs is 3. The first-order chi connectivity index (χ1) is 11.2. The van der Waals surface area contributed by atoms with Gasteiger partial charge in [-0.1, -0.05) is 51.3 Å². The van der Waals surface area contributed by atoms with Gasteiger partial charge in [0.25, 0.3) is 0 Å². The first-order valence-electron chi connectivity index (χ1n) is 8.92. The van der Waals surface area contributed by atoms with Crippen molar-refractivity contribution in [2.45, 2.75) is 76.3 Å². The van der Waals surface area contributed by atoms with Crippen LogP contribution in [0, 0.1) is 0 Å². The maximum atomic E-state index is 6.30. The van der Waals surface area contributed by atoms with Crippen LogP contribution in [0.4, 0.5) is 5.82 Å². The fourth-order valence-electron chi connectivity index (χ4n) is 3.43. The lowest BCUT2D eigenvalue weighted by Gasteiger charge is -2.18. The quantitative estimate of drug-likeness (QED) is 0.391. The van der Waals surface area contributed by atoms with E-state index in [1.807, 2.05) is 11.3 Å². The minimum atomic E-state index is 0.593. The molecular formula is C18H27N3S2. The van der Waals surface area contributed by atoms with Gasteiger partial charge >= 0.3 is 0 Å². The van der Waals surface area contributed by atoms with Gasteiger partial charge in [-0.3, -0.25) is 0 Å². The molecule has 5 heteroatoms. The molecule has 0 spiro atoms. The molecule has 23 heavy (non-hydrogen) atoms. The Hall–Kier alpha value is -0.810. The summed E-state index contributed by atoms with van der Waals surface area (Å²) in [5.41, 5.74) is 7.74. The van der Waals surface area contributed by atoms with E-state index in [1.165, 1.54) is 61.8 Å². The van der Waals surface area contributed by atoms with Crippen molar-refractivity contribution in [3.05, 3.63) is 10.4 Å². The summed E-state index contributed by atoms with van der Waals surface area (Å²) in [7, 11) is 0. The highest BCUT2D eigenvalue weighted by Gasteiger charge is 2.24. The van der Waals surface area contributed by atoms with Gasteiger partial charge in [-0.15, -0.1) is 11.3 Å². The van der Waals surface area contributed by atoms with Crippen molar-refractivity contribution in [1.82, 2.24) is 9.97 Å². The molecule has 0 saturated carbocycles. The molecule has 1 aliphatic carbocycles. The molecule has 3 rings (SSSR count). The summed E-state index contributed by atoms with van der Waals surface area (Å²) in [6.07, 6.45) is 10.3. The minimum Gasteiger partial charge on any atom is -0.383 e. The third-order valence-electron chi connectivity index (χ3n) is 4.69. The molecule has 2 heterocycles. The molecule has 2 aromatic rings. The SMILES string of the molecule is CCCCCCCSc1nc(N)c2c3c(sc2n1)CCCC3C. The molecule has 0 fully saturated rings. The monoisotopic (exact) mass is 349 g/mol. The Balaban J connectivity index is 1.72. The van der Waals surface area contributed by atoms with Crippen molar-refractivity contribution in [1.29, 1.82) is 0 Å². The number of nitrogens with zero attached hydrogens (tertiary/aromatic N) is 2. The van der Waals surface area contributed by atoms with Crippen LogP contribution in [0.2, 0.25) is 0 Å². The average molecular weight is 350 g/mol. The molecule has 2 N–H and O–H groups in total. The summed E-state index contributed by atoms with van der Waals surface area (Å²) in [4.78, 5) is 12.0. The van der Waals surface area contributed by atoms with Gasteiger partial charge in [-0.2, -0.15) is 0 Å². The van der Waals surface area contributed by atoms with Crippen LogP contribution in [-0.4, -0.2) is 15.7 Å². The predicted molar refractivity (Wildman–Crippen MR) is 103 cm³/mol. The second-order valence-electron chi connectivity index (χ2n) is 6.57. The Labute approximate surface area is 147 Å². The summed E-state index contributed by atoms with van der Waals surface area (Å²) in [5.74, 6) is 2.38. The lowest BCUT2D eigenvalue weighted by molar-refractivity contribution is 0.602. The first kappa shape index (κ1) is 17.0. The standard InChI is InChI=1S/C18H27N3S2/c1-3-4-5-6-7-11-22-18-20-16(19)15-14-12(2)9-8-10-13(14)23-17(15)21-18/h12H,3-11H2,1-2H3,(H2,19,20,21). The topological polar surface area (TPSA) is 51.8 Å². The molecule has 2 aromatic heterocycles. The summed E-state index contributed by atoms with van der Waals surface area (Å²) in [5, 5.41) is 2.00. The van der Waals surface area contributed by atoms with Gasteiger partial charge in [0.1, 0.15) is 10.6 Å². The van der Waals surface area contributed by atoms with E-state index in [4.69, 9.17) is 10.7 Å². The number of thioether (sulfide) groups is 1. The lowest BCUT2D eigenvalue weighted by atomic mass is 9.87. The summed E-state index contributed by atoms with van der Waals surface area (Å²) < 4.78 is 0. The number of thiophene rings is 1.